The number of nitrogens with one attached hydrogen (secondary N) is 1. The minimum atomic E-state index is -0.223. The van der Waals surface area contributed by atoms with Crippen LogP contribution in [0.3, 0.4) is 0 Å². The van der Waals surface area contributed by atoms with E-state index in [4.69, 9.17) is 0 Å². The second-order valence-corrected chi connectivity index (χ2v) is 6.95. The summed E-state index contributed by atoms with van der Waals surface area (Å²) in [5.41, 5.74) is 1.80. The summed E-state index contributed by atoms with van der Waals surface area (Å²) in [6.45, 7) is 0.606. The third-order valence-electron chi connectivity index (χ3n) is 4.20. The normalized spacial score (nSPS) is 10.7. The molecule has 0 fully saturated rings. The maximum absolute atomic E-state index is 12.4. The van der Waals surface area contributed by atoms with Crippen LogP contribution in [0.5, 0.6) is 0 Å². The van der Waals surface area contributed by atoms with Crippen LogP contribution in [0, 0.1) is 0 Å². The van der Waals surface area contributed by atoms with Crippen LogP contribution < -0.4 is 5.32 Å². The van der Waals surface area contributed by atoms with Gasteiger partial charge in [0.2, 0.25) is 11.8 Å². The summed E-state index contributed by atoms with van der Waals surface area (Å²) >= 11 is 3.39. The number of halogens is 1. The van der Waals surface area contributed by atoms with E-state index in [0.29, 0.717) is 18.7 Å². The Hall–Kier alpha value is -2.60. The topological polar surface area (TPSA) is 54.3 Å². The van der Waals surface area contributed by atoms with Gasteiger partial charge in [0.15, 0.2) is 0 Å². The third-order valence-corrected chi connectivity index (χ3v) is 4.89. The minimum Gasteiger partial charge on any atom is -0.347 e. The van der Waals surface area contributed by atoms with Gasteiger partial charge in [-0.05, 0) is 45.6 Å². The average Bonchev–Trinajstić information content (AvgIpc) is 3.04. The van der Waals surface area contributed by atoms with Crippen LogP contribution in [0.25, 0.3) is 10.9 Å². The molecule has 2 amide bonds. The number of benzene rings is 2. The zero-order valence-electron chi connectivity index (χ0n) is 14.5. The first-order valence-electron chi connectivity index (χ1n) is 8.37. The van der Waals surface area contributed by atoms with Crippen molar-refractivity contribution in [1.82, 2.24) is 9.47 Å². The number of aromatic nitrogens is 1. The molecule has 0 bridgehead atoms. The largest absolute Gasteiger partial charge is 0.347 e. The van der Waals surface area contributed by atoms with E-state index in [2.05, 4.69) is 25.8 Å². The molecule has 6 heteroatoms. The first-order valence-corrected chi connectivity index (χ1v) is 9.16. The van der Waals surface area contributed by atoms with Crippen LogP contribution in [0.2, 0.25) is 0 Å². The highest BCUT2D eigenvalue weighted by Crippen LogP contribution is 2.21. The highest BCUT2D eigenvalue weighted by atomic mass is 79.9. The maximum Gasteiger partial charge on any atom is 0.244 e. The number of anilines is 1. The predicted octanol–water partition coefficient (Wildman–Crippen LogP) is 3.89. The van der Waals surface area contributed by atoms with Gasteiger partial charge in [-0.3, -0.25) is 9.59 Å². The summed E-state index contributed by atoms with van der Waals surface area (Å²) in [4.78, 5) is 26.0. The van der Waals surface area contributed by atoms with Crippen molar-refractivity contribution < 1.29 is 9.59 Å². The number of fused-ring (bicyclic) bond motifs is 1. The number of amides is 2. The lowest BCUT2D eigenvalue weighted by Crippen LogP contribution is -2.35. The average molecular weight is 414 g/mol. The fourth-order valence-corrected chi connectivity index (χ4v) is 3.18. The zero-order chi connectivity index (χ0) is 18.5. The van der Waals surface area contributed by atoms with Crippen LogP contribution >= 0.6 is 15.9 Å². The Morgan fingerprint density at radius 2 is 1.81 bits per heavy atom. The van der Waals surface area contributed by atoms with Crippen molar-refractivity contribution in [3.05, 3.63) is 65.3 Å². The number of rotatable bonds is 6. The van der Waals surface area contributed by atoms with E-state index in [-0.39, 0.29) is 18.4 Å². The maximum atomic E-state index is 12.4. The molecule has 1 aromatic heterocycles. The van der Waals surface area contributed by atoms with Crippen molar-refractivity contribution in [3.63, 3.8) is 0 Å². The van der Waals surface area contributed by atoms with Gasteiger partial charge in [-0.1, -0.05) is 30.3 Å². The van der Waals surface area contributed by atoms with E-state index in [1.54, 1.807) is 13.1 Å². The number of aryl methyl sites for hydroxylation is 1. The SMILES string of the molecule is CN(CC(=O)Nc1ccccc1Br)C(=O)CCn1ccc2ccccc21. The summed E-state index contributed by atoms with van der Waals surface area (Å²) in [6.07, 6.45) is 2.33. The van der Waals surface area contributed by atoms with E-state index in [0.717, 1.165) is 15.4 Å². The molecule has 0 atom stereocenters. The Kier molecular flexibility index (Phi) is 5.73. The number of carbonyl (C=O) groups is 2. The fourth-order valence-electron chi connectivity index (χ4n) is 2.80. The van der Waals surface area contributed by atoms with Crippen LogP contribution in [0.4, 0.5) is 5.69 Å². The Morgan fingerprint density at radius 1 is 1.08 bits per heavy atom. The Morgan fingerprint density at radius 3 is 2.62 bits per heavy atom. The molecule has 134 valence electrons. The summed E-state index contributed by atoms with van der Waals surface area (Å²) in [6, 6.07) is 17.5. The van der Waals surface area contributed by atoms with E-state index in [9.17, 15) is 9.59 Å². The van der Waals surface area contributed by atoms with Gasteiger partial charge in [-0.15, -0.1) is 0 Å². The molecule has 3 aromatic rings. The molecule has 0 radical (unpaired) electrons. The molecular formula is C20H20BrN3O2. The molecular weight excluding hydrogens is 394 g/mol. The molecule has 3 rings (SSSR count). The molecule has 5 nitrogen and oxygen atoms in total. The smallest absolute Gasteiger partial charge is 0.244 e. The molecule has 0 spiro atoms. The van der Waals surface area contributed by atoms with Crippen molar-refractivity contribution in [2.24, 2.45) is 0 Å². The minimum absolute atomic E-state index is 0.0204. The molecule has 26 heavy (non-hydrogen) atoms. The lowest BCUT2D eigenvalue weighted by atomic mass is 10.2. The van der Waals surface area contributed by atoms with Gasteiger partial charge in [0.1, 0.15) is 0 Å². The molecule has 0 saturated carbocycles. The monoisotopic (exact) mass is 413 g/mol. The van der Waals surface area contributed by atoms with Gasteiger partial charge in [-0.25, -0.2) is 0 Å². The number of carbonyl (C=O) groups excluding carboxylic acids is 2. The second kappa shape index (κ2) is 8.19. The number of hydrogen-bond acceptors (Lipinski definition) is 2. The van der Waals surface area contributed by atoms with Crippen molar-refractivity contribution in [2.45, 2.75) is 13.0 Å². The van der Waals surface area contributed by atoms with Crippen LogP contribution in [0.1, 0.15) is 6.42 Å². The van der Waals surface area contributed by atoms with Gasteiger partial charge in [0.05, 0.1) is 12.2 Å². The summed E-state index contributed by atoms with van der Waals surface area (Å²) < 4.78 is 2.87. The quantitative estimate of drug-likeness (QED) is 0.666. The Labute approximate surface area is 160 Å². The third kappa shape index (κ3) is 4.32. The first kappa shape index (κ1) is 18.2. The predicted molar refractivity (Wildman–Crippen MR) is 107 cm³/mol. The molecule has 2 aromatic carbocycles. The van der Waals surface area contributed by atoms with Gasteiger partial charge in [0.25, 0.3) is 0 Å². The summed E-state index contributed by atoms with van der Waals surface area (Å²) in [5.74, 6) is -0.288. The van der Waals surface area contributed by atoms with Gasteiger partial charge in [-0.2, -0.15) is 0 Å². The molecule has 0 saturated heterocycles. The van der Waals surface area contributed by atoms with Crippen molar-refractivity contribution in [3.8, 4) is 0 Å². The van der Waals surface area contributed by atoms with Crippen molar-refractivity contribution in [1.29, 1.82) is 0 Å². The second-order valence-electron chi connectivity index (χ2n) is 6.10. The zero-order valence-corrected chi connectivity index (χ0v) is 16.1. The van der Waals surface area contributed by atoms with Gasteiger partial charge < -0.3 is 14.8 Å². The van der Waals surface area contributed by atoms with Crippen molar-refractivity contribution >= 4 is 44.3 Å². The number of likely N-dealkylation sites (N-methyl/N-ethyl adjacent to an activating group) is 1. The van der Waals surface area contributed by atoms with E-state index < -0.39 is 0 Å². The highest BCUT2D eigenvalue weighted by molar-refractivity contribution is 9.10. The Bertz CT molecular complexity index is 935. The standard InChI is InChI=1S/C20H20BrN3O2/c1-23(14-19(25)22-17-8-4-3-7-16(17)21)20(26)11-13-24-12-10-15-6-2-5-9-18(15)24/h2-10,12H,11,13-14H2,1H3,(H,22,25). The number of hydrogen-bond donors (Lipinski definition) is 1. The molecule has 1 heterocycles. The van der Waals surface area contributed by atoms with E-state index >= 15 is 0 Å². The summed E-state index contributed by atoms with van der Waals surface area (Å²) in [7, 11) is 1.65. The number of nitrogens with zero attached hydrogens (tertiary/aromatic N) is 2. The van der Waals surface area contributed by atoms with Crippen molar-refractivity contribution in [2.75, 3.05) is 18.9 Å². The highest BCUT2D eigenvalue weighted by Gasteiger charge is 2.14. The van der Waals surface area contributed by atoms with E-state index in [1.807, 2.05) is 54.7 Å². The first-order chi connectivity index (χ1) is 12.5. The molecule has 0 unspecified atom stereocenters. The lowest BCUT2D eigenvalue weighted by Gasteiger charge is -2.17. The van der Waals surface area contributed by atoms with Crippen LogP contribution in [-0.2, 0) is 16.1 Å². The lowest BCUT2D eigenvalue weighted by molar-refractivity contribution is -0.133. The molecule has 0 aliphatic rings. The fraction of sp³-hybridized carbons (Fsp3) is 0.200. The van der Waals surface area contributed by atoms with E-state index in [1.165, 1.54) is 4.90 Å². The van der Waals surface area contributed by atoms with Gasteiger partial charge in [0, 0.05) is 36.2 Å². The number of para-hydroxylation sites is 2. The van der Waals surface area contributed by atoms with Crippen LogP contribution in [0.15, 0.2) is 65.3 Å². The molecule has 1 N–H and O–H groups in total. The Balaban J connectivity index is 1.53. The van der Waals surface area contributed by atoms with Crippen LogP contribution in [-0.4, -0.2) is 34.9 Å². The molecule has 0 aliphatic carbocycles. The van der Waals surface area contributed by atoms with Gasteiger partial charge >= 0.3 is 0 Å². The molecule has 0 aliphatic heterocycles. The summed E-state index contributed by atoms with van der Waals surface area (Å²) in [5, 5.41) is 3.96.